The zero-order valence-electron chi connectivity index (χ0n) is 15.2. The number of nitrogens with zero attached hydrogens (tertiary/aromatic N) is 4. The number of alkyl halides is 3. The third kappa shape index (κ3) is 5.95. The molecule has 1 heterocycles. The second kappa shape index (κ2) is 8.95. The molecule has 0 atom stereocenters. The number of aromatic nitrogens is 4. The molecule has 3 aromatic rings. The first kappa shape index (κ1) is 20.6. The first-order valence-corrected chi connectivity index (χ1v) is 9.49. The molecule has 11 heteroatoms. The Kier molecular flexibility index (Phi) is 6.37. The molecule has 152 valence electrons. The van der Waals surface area contributed by atoms with Gasteiger partial charge in [-0.2, -0.15) is 4.68 Å². The van der Waals surface area contributed by atoms with E-state index in [1.54, 1.807) is 6.07 Å². The van der Waals surface area contributed by atoms with Gasteiger partial charge in [-0.1, -0.05) is 30.8 Å². The summed E-state index contributed by atoms with van der Waals surface area (Å²) in [7, 11) is 0. The Morgan fingerprint density at radius 1 is 1.21 bits per heavy atom. The second-order valence-corrected chi connectivity index (χ2v) is 6.75. The van der Waals surface area contributed by atoms with E-state index in [0.717, 1.165) is 35.9 Å². The van der Waals surface area contributed by atoms with E-state index in [9.17, 15) is 18.0 Å². The number of halogens is 3. The fraction of sp³-hybridized carbons (Fsp3) is 0.222. The Morgan fingerprint density at radius 3 is 2.66 bits per heavy atom. The molecule has 0 aliphatic heterocycles. The SMILES string of the molecule is CCc1cccc(NC(=O)CSc2nnnn2-c2ccc(OC(F)(F)F)cc2)c1. The van der Waals surface area contributed by atoms with Crippen molar-refractivity contribution in [2.75, 3.05) is 11.1 Å². The summed E-state index contributed by atoms with van der Waals surface area (Å²) in [4.78, 5) is 12.2. The quantitative estimate of drug-likeness (QED) is 0.582. The van der Waals surface area contributed by atoms with Gasteiger partial charge in [-0.3, -0.25) is 4.79 Å². The topological polar surface area (TPSA) is 81.9 Å². The van der Waals surface area contributed by atoms with E-state index in [1.165, 1.54) is 16.8 Å². The molecule has 0 saturated heterocycles. The summed E-state index contributed by atoms with van der Waals surface area (Å²) in [5, 5.41) is 14.4. The minimum absolute atomic E-state index is 0.0615. The Bertz CT molecular complexity index is 976. The Balaban J connectivity index is 1.62. The lowest BCUT2D eigenvalue weighted by Gasteiger charge is -2.09. The van der Waals surface area contributed by atoms with Crippen LogP contribution in [0.25, 0.3) is 5.69 Å². The van der Waals surface area contributed by atoms with Crippen molar-refractivity contribution in [3.63, 3.8) is 0 Å². The molecular formula is C18H16F3N5O2S. The van der Waals surface area contributed by atoms with Crippen LogP contribution >= 0.6 is 11.8 Å². The second-order valence-electron chi connectivity index (χ2n) is 5.81. The van der Waals surface area contributed by atoms with Crippen molar-refractivity contribution in [3.05, 3.63) is 54.1 Å². The number of anilines is 1. The van der Waals surface area contributed by atoms with E-state index < -0.39 is 6.36 Å². The minimum atomic E-state index is -4.76. The highest BCUT2D eigenvalue weighted by Crippen LogP contribution is 2.25. The highest BCUT2D eigenvalue weighted by molar-refractivity contribution is 7.99. The number of aryl methyl sites for hydroxylation is 1. The molecule has 1 aromatic heterocycles. The molecule has 1 amide bonds. The summed E-state index contributed by atoms with van der Waals surface area (Å²) in [6.45, 7) is 2.03. The number of rotatable bonds is 7. The Morgan fingerprint density at radius 2 is 1.97 bits per heavy atom. The molecule has 0 bridgehead atoms. The van der Waals surface area contributed by atoms with Crippen LogP contribution in [0.3, 0.4) is 0 Å². The van der Waals surface area contributed by atoms with Gasteiger partial charge in [-0.15, -0.1) is 18.3 Å². The predicted molar refractivity (Wildman–Crippen MR) is 101 cm³/mol. The maximum atomic E-state index is 12.3. The van der Waals surface area contributed by atoms with Crippen LogP contribution in [-0.4, -0.2) is 38.2 Å². The first-order chi connectivity index (χ1) is 13.8. The first-order valence-electron chi connectivity index (χ1n) is 8.50. The van der Waals surface area contributed by atoms with Crippen LogP contribution in [0.1, 0.15) is 12.5 Å². The van der Waals surface area contributed by atoms with Gasteiger partial charge in [0.2, 0.25) is 11.1 Å². The minimum Gasteiger partial charge on any atom is -0.406 e. The fourth-order valence-electron chi connectivity index (χ4n) is 2.42. The normalized spacial score (nSPS) is 11.3. The molecule has 2 aromatic carbocycles. The van der Waals surface area contributed by atoms with E-state index >= 15 is 0 Å². The van der Waals surface area contributed by atoms with Gasteiger partial charge in [0.25, 0.3) is 0 Å². The van der Waals surface area contributed by atoms with Crippen molar-refractivity contribution in [2.45, 2.75) is 24.9 Å². The number of thioether (sulfide) groups is 1. The number of carbonyl (C=O) groups excluding carboxylic acids is 1. The van der Waals surface area contributed by atoms with Gasteiger partial charge in [0.1, 0.15) is 5.75 Å². The smallest absolute Gasteiger partial charge is 0.406 e. The number of carbonyl (C=O) groups is 1. The number of nitrogens with one attached hydrogen (secondary N) is 1. The van der Waals surface area contributed by atoms with Crippen LogP contribution in [0.5, 0.6) is 5.75 Å². The fourth-order valence-corrected chi connectivity index (χ4v) is 3.11. The lowest BCUT2D eigenvalue weighted by molar-refractivity contribution is -0.274. The van der Waals surface area contributed by atoms with Crippen molar-refractivity contribution >= 4 is 23.4 Å². The van der Waals surface area contributed by atoms with Gasteiger partial charge in [-0.25, -0.2) is 0 Å². The lowest BCUT2D eigenvalue weighted by Crippen LogP contribution is -2.17. The van der Waals surface area contributed by atoms with Crippen LogP contribution < -0.4 is 10.1 Å². The van der Waals surface area contributed by atoms with Gasteiger partial charge >= 0.3 is 6.36 Å². The number of hydrogen-bond acceptors (Lipinski definition) is 6. The summed E-state index contributed by atoms with van der Waals surface area (Å²) < 4.78 is 41.9. The summed E-state index contributed by atoms with van der Waals surface area (Å²) in [5.41, 5.74) is 2.25. The standard InChI is InChI=1S/C18H16F3N5O2S/c1-2-12-4-3-5-13(10-12)22-16(27)11-29-17-23-24-25-26(17)14-6-8-15(9-7-14)28-18(19,20)21/h3-10H,2,11H2,1H3,(H,22,27). The Hall–Kier alpha value is -3.08. The summed E-state index contributed by atoms with van der Waals surface area (Å²) >= 11 is 1.10. The van der Waals surface area contributed by atoms with Crippen molar-refractivity contribution in [2.24, 2.45) is 0 Å². The predicted octanol–water partition coefficient (Wildman–Crippen LogP) is 3.85. The molecule has 0 saturated carbocycles. The molecule has 0 aliphatic rings. The maximum Gasteiger partial charge on any atom is 0.573 e. The number of amides is 1. The zero-order valence-corrected chi connectivity index (χ0v) is 16.0. The van der Waals surface area contributed by atoms with Gasteiger partial charge in [0.15, 0.2) is 0 Å². The van der Waals surface area contributed by atoms with E-state index in [2.05, 4.69) is 25.6 Å². The average molecular weight is 423 g/mol. The molecule has 7 nitrogen and oxygen atoms in total. The van der Waals surface area contributed by atoms with E-state index in [4.69, 9.17) is 0 Å². The zero-order chi connectivity index (χ0) is 20.9. The van der Waals surface area contributed by atoms with Gasteiger partial charge in [-0.05, 0) is 58.8 Å². The molecule has 0 radical (unpaired) electrons. The lowest BCUT2D eigenvalue weighted by atomic mass is 10.1. The number of tetrazole rings is 1. The van der Waals surface area contributed by atoms with Crippen molar-refractivity contribution in [1.82, 2.24) is 20.2 Å². The molecule has 0 unspecified atom stereocenters. The van der Waals surface area contributed by atoms with Crippen molar-refractivity contribution < 1.29 is 22.7 Å². The molecule has 3 rings (SSSR count). The van der Waals surface area contributed by atoms with Gasteiger partial charge < -0.3 is 10.1 Å². The highest BCUT2D eigenvalue weighted by Gasteiger charge is 2.31. The number of benzene rings is 2. The molecule has 0 spiro atoms. The van der Waals surface area contributed by atoms with E-state index in [1.807, 2.05) is 25.1 Å². The van der Waals surface area contributed by atoms with Crippen molar-refractivity contribution in [3.8, 4) is 11.4 Å². The number of hydrogen-bond donors (Lipinski definition) is 1. The van der Waals surface area contributed by atoms with Crippen LogP contribution in [0, 0.1) is 0 Å². The molecule has 1 N–H and O–H groups in total. The largest absolute Gasteiger partial charge is 0.573 e. The van der Waals surface area contributed by atoms with Gasteiger partial charge in [0, 0.05) is 5.69 Å². The third-order valence-corrected chi connectivity index (χ3v) is 4.63. The van der Waals surface area contributed by atoms with Crippen LogP contribution in [0.15, 0.2) is 53.7 Å². The molecule has 0 aliphatic carbocycles. The Labute approximate surface area is 168 Å². The van der Waals surface area contributed by atoms with Gasteiger partial charge in [0.05, 0.1) is 11.4 Å². The van der Waals surface area contributed by atoms with E-state index in [-0.39, 0.29) is 17.4 Å². The van der Waals surface area contributed by atoms with Crippen LogP contribution in [0.2, 0.25) is 0 Å². The monoisotopic (exact) mass is 423 g/mol. The maximum absolute atomic E-state index is 12.3. The molecule has 0 fully saturated rings. The summed E-state index contributed by atoms with van der Waals surface area (Å²) in [6, 6.07) is 12.6. The summed E-state index contributed by atoms with van der Waals surface area (Å²) in [6.07, 6.45) is -3.90. The summed E-state index contributed by atoms with van der Waals surface area (Å²) in [5.74, 6) is -0.518. The van der Waals surface area contributed by atoms with Crippen molar-refractivity contribution in [1.29, 1.82) is 0 Å². The molecule has 29 heavy (non-hydrogen) atoms. The number of ether oxygens (including phenoxy) is 1. The average Bonchev–Trinajstić information content (AvgIpc) is 3.14. The van der Waals surface area contributed by atoms with Crippen LogP contribution in [-0.2, 0) is 11.2 Å². The van der Waals surface area contributed by atoms with E-state index in [0.29, 0.717) is 16.5 Å². The third-order valence-electron chi connectivity index (χ3n) is 3.71. The molecular weight excluding hydrogens is 407 g/mol. The highest BCUT2D eigenvalue weighted by atomic mass is 32.2. The van der Waals surface area contributed by atoms with Crippen LogP contribution in [0.4, 0.5) is 18.9 Å².